The third-order valence-electron chi connectivity index (χ3n) is 2.29. The third-order valence-corrected chi connectivity index (χ3v) is 2.29. The van der Waals surface area contributed by atoms with Crippen molar-refractivity contribution in [3.63, 3.8) is 0 Å². The van der Waals surface area contributed by atoms with Crippen molar-refractivity contribution in [2.75, 3.05) is 0 Å². The summed E-state index contributed by atoms with van der Waals surface area (Å²) in [5, 5.41) is 0. The maximum Gasteiger partial charge on any atom is 1.00 e. The Kier molecular flexibility index (Phi) is 8.49. The minimum absolute atomic E-state index is 0. The predicted molar refractivity (Wildman–Crippen MR) is 41.2 cm³/mol. The molecule has 1 aliphatic rings. The maximum atomic E-state index is 2.32. The zero-order valence-electron chi connectivity index (χ0n) is 7.40. The van der Waals surface area contributed by atoms with Crippen LogP contribution in [-0.2, 0) is 0 Å². The van der Waals surface area contributed by atoms with Gasteiger partial charge in [0, 0.05) is 0 Å². The van der Waals surface area contributed by atoms with E-state index >= 15 is 0 Å². The molecule has 0 aliphatic heterocycles. The summed E-state index contributed by atoms with van der Waals surface area (Å²) in [6.45, 7) is 2.18. The number of rotatable bonds is 2. The van der Waals surface area contributed by atoms with Gasteiger partial charge in [0.05, 0.1) is 0 Å². The van der Waals surface area contributed by atoms with Crippen molar-refractivity contribution in [3.8, 4) is 0 Å². The van der Waals surface area contributed by atoms with E-state index in [9.17, 15) is 0 Å². The first-order valence-electron chi connectivity index (χ1n) is 4.21. The molecular formula is C9H17K. The Morgan fingerprint density at radius 1 is 1.20 bits per heavy atom. The molecule has 0 bridgehead atoms. The second kappa shape index (κ2) is 7.29. The molecule has 0 spiro atoms. The average Bonchev–Trinajstić information content (AvgIpc) is 1.91. The van der Waals surface area contributed by atoms with Gasteiger partial charge in [0.1, 0.15) is 0 Å². The quantitative estimate of drug-likeness (QED) is 0.404. The van der Waals surface area contributed by atoms with Gasteiger partial charge in [-0.3, -0.25) is 0 Å². The van der Waals surface area contributed by atoms with Crippen LogP contribution in [0.1, 0.15) is 45.4 Å². The molecule has 0 N–H and O–H groups in total. The summed E-state index contributed by atoms with van der Waals surface area (Å²) in [6.07, 6.45) is 11.1. The molecule has 0 saturated heterocycles. The van der Waals surface area contributed by atoms with Gasteiger partial charge in [0.15, 0.2) is 0 Å². The summed E-state index contributed by atoms with van der Waals surface area (Å²) in [6, 6.07) is 0. The molecule has 0 atom stereocenters. The topological polar surface area (TPSA) is 0 Å². The monoisotopic (exact) mass is 164 g/mol. The van der Waals surface area contributed by atoms with Crippen molar-refractivity contribution in [1.82, 2.24) is 0 Å². The van der Waals surface area contributed by atoms with Crippen molar-refractivity contribution < 1.29 is 51.4 Å². The number of hydrogen-bond acceptors (Lipinski definition) is 0. The standard InChI is InChI=1S/C9H17.K/c1-2-6-9-7-4-3-5-8-9;/h2,9H,3-8H2,1H3;/q-1;+1. The average molecular weight is 164 g/mol. The van der Waals surface area contributed by atoms with Crippen LogP contribution in [0.15, 0.2) is 0 Å². The molecule has 0 heterocycles. The summed E-state index contributed by atoms with van der Waals surface area (Å²) in [7, 11) is 0. The molecule has 0 aromatic carbocycles. The van der Waals surface area contributed by atoms with Crippen LogP contribution in [0, 0.1) is 12.3 Å². The maximum absolute atomic E-state index is 2.32. The second-order valence-electron chi connectivity index (χ2n) is 3.15. The van der Waals surface area contributed by atoms with Crippen molar-refractivity contribution in [3.05, 3.63) is 6.42 Å². The summed E-state index contributed by atoms with van der Waals surface area (Å²) in [5.74, 6) is 1.05. The van der Waals surface area contributed by atoms with E-state index in [0.29, 0.717) is 0 Å². The molecule has 0 amide bonds. The van der Waals surface area contributed by atoms with Gasteiger partial charge in [0.2, 0.25) is 0 Å². The first kappa shape index (κ1) is 11.6. The zero-order chi connectivity index (χ0) is 6.53. The van der Waals surface area contributed by atoms with Crippen LogP contribution < -0.4 is 51.4 Å². The van der Waals surface area contributed by atoms with Crippen LogP contribution in [0.3, 0.4) is 0 Å². The molecule has 54 valence electrons. The zero-order valence-corrected chi connectivity index (χ0v) is 10.5. The molecule has 1 fully saturated rings. The summed E-state index contributed by atoms with van der Waals surface area (Å²) < 4.78 is 0. The van der Waals surface area contributed by atoms with Crippen LogP contribution in [0.2, 0.25) is 0 Å². The second-order valence-corrected chi connectivity index (χ2v) is 3.15. The molecule has 1 heteroatoms. The van der Waals surface area contributed by atoms with E-state index in [1.807, 2.05) is 0 Å². The number of hydrogen-bond donors (Lipinski definition) is 0. The Bertz CT molecular complexity index is 62.4. The van der Waals surface area contributed by atoms with Crippen molar-refractivity contribution in [2.45, 2.75) is 45.4 Å². The smallest absolute Gasteiger partial charge is 0.331 e. The molecule has 0 unspecified atom stereocenters. The molecule has 10 heavy (non-hydrogen) atoms. The molecule has 1 aliphatic carbocycles. The fourth-order valence-electron chi connectivity index (χ4n) is 1.76. The fraction of sp³-hybridized carbons (Fsp3) is 0.889. The van der Waals surface area contributed by atoms with Crippen molar-refractivity contribution in [2.24, 2.45) is 5.92 Å². The minimum Gasteiger partial charge on any atom is -0.331 e. The first-order valence-corrected chi connectivity index (χ1v) is 4.21. The summed E-state index contributed by atoms with van der Waals surface area (Å²) in [5.41, 5.74) is 0. The van der Waals surface area contributed by atoms with Crippen molar-refractivity contribution in [1.29, 1.82) is 0 Å². The van der Waals surface area contributed by atoms with Gasteiger partial charge in [-0.25, -0.2) is 0 Å². The fourth-order valence-corrected chi connectivity index (χ4v) is 1.76. The van der Waals surface area contributed by atoms with Gasteiger partial charge in [-0.15, -0.1) is 0 Å². The molecule has 0 radical (unpaired) electrons. The van der Waals surface area contributed by atoms with Crippen LogP contribution >= 0.6 is 0 Å². The third kappa shape index (κ3) is 4.50. The van der Waals surface area contributed by atoms with Gasteiger partial charge in [0.25, 0.3) is 0 Å². The SMILES string of the molecule is C[CH-]CC1CCCCC1.[K+]. The largest absolute Gasteiger partial charge is 1.00 e. The molecule has 0 aromatic rings. The Balaban J connectivity index is 0.000000810. The molecule has 1 saturated carbocycles. The Labute approximate surface area is 108 Å². The van der Waals surface area contributed by atoms with Gasteiger partial charge in [-0.1, -0.05) is 38.0 Å². The van der Waals surface area contributed by atoms with Crippen LogP contribution in [-0.4, -0.2) is 0 Å². The van der Waals surface area contributed by atoms with E-state index in [0.717, 1.165) is 5.92 Å². The van der Waals surface area contributed by atoms with Gasteiger partial charge in [-0.05, 0) is 0 Å². The van der Waals surface area contributed by atoms with E-state index in [1.54, 1.807) is 0 Å². The molecular weight excluding hydrogens is 147 g/mol. The molecule has 1 rings (SSSR count). The van der Waals surface area contributed by atoms with Crippen LogP contribution in [0.25, 0.3) is 0 Å². The van der Waals surface area contributed by atoms with Crippen LogP contribution in [0.4, 0.5) is 0 Å². The van der Waals surface area contributed by atoms with Gasteiger partial charge < -0.3 is 6.42 Å². The molecule has 0 nitrogen and oxygen atoms in total. The van der Waals surface area contributed by atoms with Crippen molar-refractivity contribution >= 4 is 0 Å². The van der Waals surface area contributed by atoms with E-state index < -0.39 is 0 Å². The van der Waals surface area contributed by atoms with Crippen LogP contribution in [0.5, 0.6) is 0 Å². The Morgan fingerprint density at radius 2 is 1.80 bits per heavy atom. The summed E-state index contributed by atoms with van der Waals surface area (Å²) in [4.78, 5) is 0. The Morgan fingerprint density at radius 3 is 2.30 bits per heavy atom. The van der Waals surface area contributed by atoms with E-state index in [-0.39, 0.29) is 51.4 Å². The normalized spacial score (nSPS) is 20.1. The Hall–Kier alpha value is 1.64. The summed E-state index contributed by atoms with van der Waals surface area (Å²) >= 11 is 0. The first-order chi connectivity index (χ1) is 4.43. The van der Waals surface area contributed by atoms with E-state index in [1.165, 1.54) is 38.5 Å². The molecule has 0 aromatic heterocycles. The predicted octanol–water partition coefficient (Wildman–Crippen LogP) is 0.185. The minimum atomic E-state index is 0. The van der Waals surface area contributed by atoms with Gasteiger partial charge >= 0.3 is 51.4 Å². The van der Waals surface area contributed by atoms with E-state index in [4.69, 9.17) is 0 Å². The van der Waals surface area contributed by atoms with E-state index in [2.05, 4.69) is 13.3 Å². The van der Waals surface area contributed by atoms with Gasteiger partial charge in [-0.2, -0.15) is 13.3 Å².